The molecule has 10 heteroatoms. The third kappa shape index (κ3) is 7.74. The van der Waals surface area contributed by atoms with Crippen molar-refractivity contribution in [1.82, 2.24) is 0 Å². The molecule has 0 saturated heterocycles. The maximum Gasteiger partial charge on any atom is 0.573 e. The molecule has 0 aliphatic heterocycles. The lowest BCUT2D eigenvalue weighted by molar-refractivity contribution is -0.276. The molecule has 2 aromatic carbocycles. The highest BCUT2D eigenvalue weighted by Crippen LogP contribution is 2.38. The van der Waals surface area contributed by atoms with Crippen LogP contribution in [0.15, 0.2) is 30.3 Å². The largest absolute Gasteiger partial charge is 0.573 e. The predicted octanol–water partition coefficient (Wildman–Crippen LogP) is 9.06. The molecule has 1 fully saturated rings. The van der Waals surface area contributed by atoms with Crippen molar-refractivity contribution in [2.24, 2.45) is 11.8 Å². The van der Waals surface area contributed by atoms with Crippen molar-refractivity contribution >= 4 is 0 Å². The van der Waals surface area contributed by atoms with Gasteiger partial charge in [-0.15, -0.1) is 13.2 Å². The molecular weight excluding hydrogens is 496 g/mol. The van der Waals surface area contributed by atoms with E-state index in [4.69, 9.17) is 0 Å². The molecule has 0 atom stereocenters. The Morgan fingerprint density at radius 2 is 1.36 bits per heavy atom. The number of hydrogen-bond acceptors (Lipinski definition) is 2. The van der Waals surface area contributed by atoms with Gasteiger partial charge in [-0.1, -0.05) is 57.9 Å². The van der Waals surface area contributed by atoms with Gasteiger partial charge in [0.25, 0.3) is 0 Å². The third-order valence-electron chi connectivity index (χ3n) is 6.56. The van der Waals surface area contributed by atoms with E-state index in [0.29, 0.717) is 17.9 Å². The predicted molar refractivity (Wildman–Crippen MR) is 117 cm³/mol. The van der Waals surface area contributed by atoms with E-state index in [0.717, 1.165) is 37.3 Å². The van der Waals surface area contributed by atoms with Gasteiger partial charge in [-0.05, 0) is 42.4 Å². The number of aryl methyl sites for hydroxylation is 1. The average Bonchev–Trinajstić information content (AvgIpc) is 2.78. The first kappa shape index (κ1) is 28.1. The van der Waals surface area contributed by atoms with Crippen molar-refractivity contribution in [2.75, 3.05) is 0 Å². The number of rotatable bonds is 10. The molecule has 0 N–H and O–H groups in total. The summed E-state index contributed by atoms with van der Waals surface area (Å²) < 4.78 is 115. The van der Waals surface area contributed by atoms with Gasteiger partial charge in [0.2, 0.25) is 5.75 Å². The maximum atomic E-state index is 14.6. The lowest BCUT2D eigenvalue weighted by Gasteiger charge is -2.28. The zero-order chi connectivity index (χ0) is 26.5. The Kier molecular flexibility index (Phi) is 9.11. The van der Waals surface area contributed by atoms with Crippen molar-refractivity contribution in [3.63, 3.8) is 0 Å². The van der Waals surface area contributed by atoms with Crippen LogP contribution in [-0.4, -0.2) is 6.36 Å². The second-order valence-electron chi connectivity index (χ2n) is 9.26. The van der Waals surface area contributed by atoms with E-state index in [9.17, 15) is 35.1 Å². The Morgan fingerprint density at radius 1 is 0.778 bits per heavy atom. The SMILES string of the molecule is CCCCC1CCC(CCc2ccc(C(F)(F)Oc3cc(F)c(OC(F)(F)F)c(F)c3)c(F)c2)CC1. The number of unbranched alkanes of at least 4 members (excludes halogenated alkanes) is 1. The lowest BCUT2D eigenvalue weighted by Crippen LogP contribution is -2.24. The van der Waals surface area contributed by atoms with E-state index in [2.05, 4.69) is 16.4 Å². The molecule has 0 heterocycles. The Hall–Kier alpha value is -2.52. The monoisotopic (exact) mass is 524 g/mol. The van der Waals surface area contributed by atoms with Crippen molar-refractivity contribution in [2.45, 2.75) is 77.2 Å². The molecule has 3 rings (SSSR count). The molecular formula is C26H28F8O2. The minimum Gasteiger partial charge on any atom is -0.429 e. The highest BCUT2D eigenvalue weighted by atomic mass is 19.4. The highest BCUT2D eigenvalue weighted by molar-refractivity contribution is 5.36. The smallest absolute Gasteiger partial charge is 0.429 e. The van der Waals surface area contributed by atoms with E-state index >= 15 is 0 Å². The van der Waals surface area contributed by atoms with Crippen LogP contribution in [0.4, 0.5) is 35.1 Å². The Bertz CT molecular complexity index is 990. The van der Waals surface area contributed by atoms with Crippen molar-refractivity contribution in [1.29, 1.82) is 0 Å². The van der Waals surface area contributed by atoms with Crippen LogP contribution in [0, 0.1) is 29.3 Å². The number of alkyl halides is 5. The number of benzene rings is 2. The summed E-state index contributed by atoms with van der Waals surface area (Å²) in [5, 5.41) is 0. The van der Waals surface area contributed by atoms with Gasteiger partial charge < -0.3 is 9.47 Å². The van der Waals surface area contributed by atoms with Crippen molar-refractivity contribution in [3.05, 3.63) is 58.9 Å². The molecule has 2 aromatic rings. The lowest BCUT2D eigenvalue weighted by atomic mass is 9.78. The van der Waals surface area contributed by atoms with Gasteiger partial charge in [0, 0.05) is 12.1 Å². The van der Waals surface area contributed by atoms with Crippen molar-refractivity contribution in [3.8, 4) is 11.5 Å². The van der Waals surface area contributed by atoms with Crippen LogP contribution < -0.4 is 9.47 Å². The molecule has 0 spiro atoms. The summed E-state index contributed by atoms with van der Waals surface area (Å²) in [7, 11) is 0. The molecule has 0 radical (unpaired) electrons. The van der Waals surface area contributed by atoms with Gasteiger partial charge in [-0.3, -0.25) is 0 Å². The fourth-order valence-electron chi connectivity index (χ4n) is 4.63. The quantitative estimate of drug-likeness (QED) is 0.289. The van der Waals surface area contributed by atoms with E-state index in [-0.39, 0.29) is 12.1 Å². The normalized spacial score (nSPS) is 18.8. The first-order chi connectivity index (χ1) is 16.9. The second-order valence-corrected chi connectivity index (χ2v) is 9.26. The van der Waals surface area contributed by atoms with Gasteiger partial charge >= 0.3 is 12.5 Å². The molecule has 0 bridgehead atoms. The molecule has 1 aliphatic rings. The summed E-state index contributed by atoms with van der Waals surface area (Å²) in [5.74, 6) is -6.77. The molecule has 200 valence electrons. The molecule has 2 nitrogen and oxygen atoms in total. The highest BCUT2D eigenvalue weighted by Gasteiger charge is 2.39. The van der Waals surface area contributed by atoms with Crippen LogP contribution in [0.1, 0.15) is 69.4 Å². The van der Waals surface area contributed by atoms with Crippen LogP contribution in [0.2, 0.25) is 0 Å². The topological polar surface area (TPSA) is 18.5 Å². The van der Waals surface area contributed by atoms with E-state index in [1.54, 1.807) is 0 Å². The molecule has 1 aliphatic carbocycles. The van der Waals surface area contributed by atoms with Gasteiger partial charge in [0.05, 0.1) is 5.56 Å². The van der Waals surface area contributed by atoms with Crippen LogP contribution in [0.5, 0.6) is 11.5 Å². The Labute approximate surface area is 204 Å². The molecule has 36 heavy (non-hydrogen) atoms. The zero-order valence-corrected chi connectivity index (χ0v) is 19.7. The van der Waals surface area contributed by atoms with Crippen LogP contribution >= 0.6 is 0 Å². The van der Waals surface area contributed by atoms with Gasteiger partial charge in [0.1, 0.15) is 11.6 Å². The minimum absolute atomic E-state index is 0.0985. The zero-order valence-electron chi connectivity index (χ0n) is 19.7. The Morgan fingerprint density at radius 3 is 1.89 bits per heavy atom. The van der Waals surface area contributed by atoms with Gasteiger partial charge in [-0.2, -0.15) is 8.78 Å². The van der Waals surface area contributed by atoms with E-state index in [1.165, 1.54) is 38.2 Å². The van der Waals surface area contributed by atoms with Crippen LogP contribution in [0.25, 0.3) is 0 Å². The van der Waals surface area contributed by atoms with E-state index in [1.807, 2.05) is 0 Å². The summed E-state index contributed by atoms with van der Waals surface area (Å²) in [4.78, 5) is 0. The number of hydrogen-bond donors (Lipinski definition) is 0. The average molecular weight is 524 g/mol. The summed E-state index contributed by atoms with van der Waals surface area (Å²) >= 11 is 0. The first-order valence-corrected chi connectivity index (χ1v) is 12.0. The molecule has 0 amide bonds. The molecule has 0 unspecified atom stereocenters. The number of ether oxygens (including phenoxy) is 2. The van der Waals surface area contributed by atoms with Crippen molar-refractivity contribution < 1.29 is 44.6 Å². The van der Waals surface area contributed by atoms with Gasteiger partial charge in [0.15, 0.2) is 11.6 Å². The fraction of sp³-hybridized carbons (Fsp3) is 0.538. The number of halogens is 8. The summed E-state index contributed by atoms with van der Waals surface area (Å²) in [6.45, 7) is 2.17. The Balaban J connectivity index is 1.61. The van der Waals surface area contributed by atoms with Gasteiger partial charge in [-0.25, -0.2) is 13.2 Å². The summed E-state index contributed by atoms with van der Waals surface area (Å²) in [5.41, 5.74) is -0.634. The molecule has 1 saturated carbocycles. The molecule has 0 aromatic heterocycles. The second kappa shape index (κ2) is 11.7. The fourth-order valence-corrected chi connectivity index (χ4v) is 4.63. The van der Waals surface area contributed by atoms with Crippen LogP contribution in [-0.2, 0) is 12.5 Å². The first-order valence-electron chi connectivity index (χ1n) is 12.0. The summed E-state index contributed by atoms with van der Waals surface area (Å²) in [6.07, 6.45) is -0.199. The van der Waals surface area contributed by atoms with Crippen LogP contribution in [0.3, 0.4) is 0 Å². The van der Waals surface area contributed by atoms with E-state index < -0.39 is 47.0 Å². The minimum atomic E-state index is -5.40. The summed E-state index contributed by atoms with van der Waals surface area (Å²) in [6, 6.07) is 3.34. The standard InChI is InChI=1S/C26H28F8O2/c1-2-3-4-16-5-7-17(8-6-16)9-10-18-11-12-20(21(27)13-18)25(30,31)35-19-14-22(28)24(23(29)15-19)36-26(32,33)34/h11-17H,2-10H2,1H3. The third-order valence-corrected chi connectivity index (χ3v) is 6.56. The maximum absolute atomic E-state index is 14.6.